The lowest BCUT2D eigenvalue weighted by atomic mass is 10.0. The van der Waals surface area contributed by atoms with Crippen molar-refractivity contribution in [2.45, 2.75) is 12.5 Å². The molecule has 0 aliphatic rings. The van der Waals surface area contributed by atoms with Gasteiger partial charge in [-0.2, -0.15) is 0 Å². The molecule has 2 rings (SSSR count). The molecule has 2 aromatic carbocycles. The van der Waals surface area contributed by atoms with Gasteiger partial charge in [0.15, 0.2) is 0 Å². The SMILES string of the molecule is COCC(CO)NC(=O)Cc1cccc2ccccc12. The van der Waals surface area contributed by atoms with E-state index in [0.717, 1.165) is 16.3 Å². The van der Waals surface area contributed by atoms with Crippen molar-refractivity contribution < 1.29 is 14.6 Å². The number of aliphatic hydroxyl groups excluding tert-OH is 1. The van der Waals surface area contributed by atoms with Crippen LogP contribution < -0.4 is 5.32 Å². The standard InChI is InChI=1S/C16H19NO3/c1-20-11-14(10-18)17-16(19)9-13-7-4-6-12-5-2-3-8-15(12)13/h2-8,14,18H,9-11H2,1H3,(H,17,19). The van der Waals surface area contributed by atoms with E-state index < -0.39 is 0 Å². The molecule has 2 aromatic rings. The van der Waals surface area contributed by atoms with Crippen LogP contribution >= 0.6 is 0 Å². The molecule has 0 bridgehead atoms. The average Bonchev–Trinajstić information content (AvgIpc) is 2.47. The number of ether oxygens (including phenoxy) is 1. The van der Waals surface area contributed by atoms with Gasteiger partial charge in [-0.25, -0.2) is 0 Å². The van der Waals surface area contributed by atoms with E-state index in [4.69, 9.17) is 9.84 Å². The lowest BCUT2D eigenvalue weighted by Gasteiger charge is -2.15. The van der Waals surface area contributed by atoms with Gasteiger partial charge in [-0.1, -0.05) is 42.5 Å². The highest BCUT2D eigenvalue weighted by Gasteiger charge is 2.12. The summed E-state index contributed by atoms with van der Waals surface area (Å²) in [5.41, 5.74) is 0.981. The lowest BCUT2D eigenvalue weighted by Crippen LogP contribution is -2.41. The summed E-state index contributed by atoms with van der Waals surface area (Å²) in [6.45, 7) is 0.174. The normalized spacial score (nSPS) is 12.3. The molecule has 0 spiro atoms. The molecule has 0 saturated heterocycles. The Kier molecular flexibility index (Phi) is 5.09. The number of aliphatic hydroxyl groups is 1. The number of methoxy groups -OCH3 is 1. The van der Waals surface area contributed by atoms with Crippen LogP contribution in [0.15, 0.2) is 42.5 Å². The molecule has 20 heavy (non-hydrogen) atoms. The number of carbonyl (C=O) groups is 1. The second-order valence-electron chi connectivity index (χ2n) is 4.72. The fraction of sp³-hybridized carbons (Fsp3) is 0.312. The summed E-state index contributed by atoms with van der Waals surface area (Å²) >= 11 is 0. The first-order valence-electron chi connectivity index (χ1n) is 6.60. The van der Waals surface area contributed by atoms with Crippen LogP contribution in [0.4, 0.5) is 0 Å². The Morgan fingerprint density at radius 3 is 2.75 bits per heavy atom. The molecule has 0 aliphatic carbocycles. The van der Waals surface area contributed by atoms with Crippen molar-refractivity contribution in [2.75, 3.05) is 20.3 Å². The quantitative estimate of drug-likeness (QED) is 0.838. The summed E-state index contributed by atoms with van der Waals surface area (Å²) in [7, 11) is 1.54. The van der Waals surface area contributed by atoms with Gasteiger partial charge < -0.3 is 15.2 Å². The van der Waals surface area contributed by atoms with E-state index in [1.165, 1.54) is 0 Å². The molecular formula is C16H19NO3. The second-order valence-corrected chi connectivity index (χ2v) is 4.72. The highest BCUT2D eigenvalue weighted by Crippen LogP contribution is 2.18. The number of rotatable bonds is 6. The Balaban J connectivity index is 2.10. The topological polar surface area (TPSA) is 58.6 Å². The Labute approximate surface area is 118 Å². The van der Waals surface area contributed by atoms with Crippen molar-refractivity contribution in [2.24, 2.45) is 0 Å². The molecule has 1 unspecified atom stereocenters. The van der Waals surface area contributed by atoms with E-state index in [1.54, 1.807) is 7.11 Å². The Bertz CT molecular complexity index is 577. The number of benzene rings is 2. The zero-order chi connectivity index (χ0) is 14.4. The van der Waals surface area contributed by atoms with Gasteiger partial charge >= 0.3 is 0 Å². The van der Waals surface area contributed by atoms with Crippen LogP contribution in [-0.2, 0) is 16.0 Å². The highest BCUT2D eigenvalue weighted by atomic mass is 16.5. The summed E-state index contributed by atoms with van der Waals surface area (Å²) in [5, 5.41) is 14.1. The molecule has 0 aliphatic heterocycles. The number of carbonyl (C=O) groups excluding carboxylic acids is 1. The van der Waals surface area contributed by atoms with Crippen LogP contribution in [0.3, 0.4) is 0 Å². The van der Waals surface area contributed by atoms with E-state index >= 15 is 0 Å². The van der Waals surface area contributed by atoms with Gasteiger partial charge in [-0.05, 0) is 16.3 Å². The van der Waals surface area contributed by atoms with E-state index in [2.05, 4.69) is 5.32 Å². The van der Waals surface area contributed by atoms with Gasteiger partial charge in [0.25, 0.3) is 0 Å². The summed E-state index contributed by atoms with van der Waals surface area (Å²) in [6.07, 6.45) is 0.293. The summed E-state index contributed by atoms with van der Waals surface area (Å²) in [6, 6.07) is 13.5. The van der Waals surface area contributed by atoms with E-state index in [1.807, 2.05) is 42.5 Å². The van der Waals surface area contributed by atoms with Crippen LogP contribution in [0.1, 0.15) is 5.56 Å². The predicted molar refractivity (Wildman–Crippen MR) is 78.5 cm³/mol. The average molecular weight is 273 g/mol. The molecule has 0 aromatic heterocycles. The highest BCUT2D eigenvalue weighted by molar-refractivity contribution is 5.90. The van der Waals surface area contributed by atoms with Gasteiger partial charge in [0.05, 0.1) is 25.7 Å². The maximum absolute atomic E-state index is 12.0. The zero-order valence-electron chi connectivity index (χ0n) is 11.5. The summed E-state index contributed by atoms with van der Waals surface area (Å²) < 4.78 is 4.94. The Hall–Kier alpha value is -1.91. The van der Waals surface area contributed by atoms with Crippen molar-refractivity contribution in [3.8, 4) is 0 Å². The first kappa shape index (κ1) is 14.5. The van der Waals surface area contributed by atoms with Crippen LogP contribution in [0, 0.1) is 0 Å². The van der Waals surface area contributed by atoms with Gasteiger partial charge in [-0.3, -0.25) is 4.79 Å². The molecule has 0 radical (unpaired) electrons. The second kappa shape index (κ2) is 7.03. The number of hydrogen-bond donors (Lipinski definition) is 2. The predicted octanol–water partition coefficient (Wildman–Crippen LogP) is 1.51. The third-order valence-electron chi connectivity index (χ3n) is 3.18. The van der Waals surface area contributed by atoms with Gasteiger partial charge in [0, 0.05) is 7.11 Å². The minimum atomic E-state index is -0.359. The fourth-order valence-electron chi connectivity index (χ4n) is 2.24. The van der Waals surface area contributed by atoms with Crippen LogP contribution in [0.5, 0.6) is 0 Å². The van der Waals surface area contributed by atoms with Gasteiger partial charge in [-0.15, -0.1) is 0 Å². The molecule has 4 nitrogen and oxygen atoms in total. The molecular weight excluding hydrogens is 254 g/mol. The van der Waals surface area contributed by atoms with E-state index in [9.17, 15) is 4.79 Å². The van der Waals surface area contributed by atoms with Crippen LogP contribution in [-0.4, -0.2) is 37.4 Å². The maximum atomic E-state index is 12.0. The summed E-state index contributed by atoms with van der Waals surface area (Å²) in [4.78, 5) is 12.0. The molecule has 4 heteroatoms. The van der Waals surface area contributed by atoms with Crippen molar-refractivity contribution in [1.82, 2.24) is 5.32 Å². The molecule has 0 heterocycles. The van der Waals surface area contributed by atoms with Crippen LogP contribution in [0.25, 0.3) is 10.8 Å². The summed E-state index contributed by atoms with van der Waals surface area (Å²) in [5.74, 6) is -0.113. The van der Waals surface area contributed by atoms with Crippen molar-refractivity contribution >= 4 is 16.7 Å². The Morgan fingerprint density at radius 2 is 2.00 bits per heavy atom. The van der Waals surface area contributed by atoms with E-state index in [-0.39, 0.29) is 18.6 Å². The number of hydrogen-bond acceptors (Lipinski definition) is 3. The van der Waals surface area contributed by atoms with Gasteiger partial charge in [0.1, 0.15) is 0 Å². The number of fused-ring (bicyclic) bond motifs is 1. The van der Waals surface area contributed by atoms with Crippen molar-refractivity contribution in [1.29, 1.82) is 0 Å². The molecule has 1 amide bonds. The minimum Gasteiger partial charge on any atom is -0.394 e. The smallest absolute Gasteiger partial charge is 0.224 e. The third kappa shape index (κ3) is 3.56. The minimum absolute atomic E-state index is 0.113. The lowest BCUT2D eigenvalue weighted by molar-refractivity contribution is -0.121. The maximum Gasteiger partial charge on any atom is 0.224 e. The van der Waals surface area contributed by atoms with Crippen LogP contribution in [0.2, 0.25) is 0 Å². The fourth-order valence-corrected chi connectivity index (χ4v) is 2.24. The van der Waals surface area contributed by atoms with Gasteiger partial charge in [0.2, 0.25) is 5.91 Å². The monoisotopic (exact) mass is 273 g/mol. The molecule has 0 saturated carbocycles. The molecule has 0 fully saturated rings. The number of nitrogens with one attached hydrogen (secondary N) is 1. The number of amides is 1. The first-order chi connectivity index (χ1) is 9.74. The van der Waals surface area contributed by atoms with Crippen molar-refractivity contribution in [3.05, 3.63) is 48.0 Å². The molecule has 2 N–H and O–H groups in total. The molecule has 1 atom stereocenters. The Morgan fingerprint density at radius 1 is 1.25 bits per heavy atom. The van der Waals surface area contributed by atoms with E-state index in [0.29, 0.717) is 13.0 Å². The third-order valence-corrected chi connectivity index (χ3v) is 3.18. The first-order valence-corrected chi connectivity index (χ1v) is 6.60. The van der Waals surface area contributed by atoms with Crippen molar-refractivity contribution in [3.63, 3.8) is 0 Å². The zero-order valence-corrected chi connectivity index (χ0v) is 11.5. The largest absolute Gasteiger partial charge is 0.394 e. The molecule has 106 valence electrons.